The summed E-state index contributed by atoms with van der Waals surface area (Å²) in [6.07, 6.45) is 5.20. The third-order valence-corrected chi connectivity index (χ3v) is 3.75. The van der Waals surface area contributed by atoms with Crippen LogP contribution in [0.5, 0.6) is 0 Å². The van der Waals surface area contributed by atoms with E-state index in [1.165, 1.54) is 25.8 Å². The summed E-state index contributed by atoms with van der Waals surface area (Å²) in [5.74, 6) is 0. The van der Waals surface area contributed by atoms with Gasteiger partial charge in [0.2, 0.25) is 0 Å². The van der Waals surface area contributed by atoms with Crippen molar-refractivity contribution in [2.24, 2.45) is 0 Å². The van der Waals surface area contributed by atoms with Gasteiger partial charge in [-0.25, -0.2) is 0 Å². The Balaban J connectivity index is 2.06. The third-order valence-electron chi connectivity index (χ3n) is 3.75. The van der Waals surface area contributed by atoms with Gasteiger partial charge >= 0.3 is 0 Å². The second kappa shape index (κ2) is 8.90. The Morgan fingerprint density at radius 3 is 2.94 bits per heavy atom. The van der Waals surface area contributed by atoms with Crippen molar-refractivity contribution in [1.82, 2.24) is 10.2 Å². The average Bonchev–Trinajstić information content (AvgIpc) is 2.81. The van der Waals surface area contributed by atoms with Crippen LogP contribution >= 0.6 is 0 Å². The predicted octanol–water partition coefficient (Wildman–Crippen LogP) is 2.27. The Labute approximate surface area is 107 Å². The molecular formula is C14H30N2O. The van der Waals surface area contributed by atoms with Crippen LogP contribution < -0.4 is 5.32 Å². The Morgan fingerprint density at radius 1 is 1.41 bits per heavy atom. The van der Waals surface area contributed by atoms with E-state index in [1.54, 1.807) is 0 Å². The van der Waals surface area contributed by atoms with Crippen LogP contribution in [-0.2, 0) is 4.74 Å². The molecule has 1 aliphatic heterocycles. The number of ether oxygens (including phenoxy) is 1. The molecule has 102 valence electrons. The molecular weight excluding hydrogens is 212 g/mol. The number of hydrogen-bond acceptors (Lipinski definition) is 3. The maximum absolute atomic E-state index is 5.32. The van der Waals surface area contributed by atoms with Crippen LogP contribution in [0.25, 0.3) is 0 Å². The van der Waals surface area contributed by atoms with Gasteiger partial charge in [0.05, 0.1) is 0 Å². The molecule has 1 saturated heterocycles. The normalized spacial score (nSPS) is 23.1. The molecule has 0 spiro atoms. The van der Waals surface area contributed by atoms with Gasteiger partial charge in [-0.05, 0) is 52.6 Å². The number of nitrogens with zero attached hydrogens (tertiary/aromatic N) is 1. The van der Waals surface area contributed by atoms with Crippen molar-refractivity contribution in [2.75, 3.05) is 32.8 Å². The second-order valence-corrected chi connectivity index (χ2v) is 5.05. The quantitative estimate of drug-likeness (QED) is 0.628. The summed E-state index contributed by atoms with van der Waals surface area (Å²) in [6, 6.07) is 1.50. The summed E-state index contributed by atoms with van der Waals surface area (Å²) in [5, 5.41) is 3.54. The zero-order valence-electron chi connectivity index (χ0n) is 11.9. The Morgan fingerprint density at radius 2 is 2.24 bits per heavy atom. The van der Waals surface area contributed by atoms with Crippen molar-refractivity contribution < 1.29 is 4.74 Å². The Bertz CT molecular complexity index is 187. The first kappa shape index (κ1) is 14.9. The fraction of sp³-hybridized carbons (Fsp3) is 1.00. The number of nitrogens with one attached hydrogen (secondary N) is 1. The minimum atomic E-state index is 0.676. The molecule has 1 aliphatic rings. The van der Waals surface area contributed by atoms with Crippen LogP contribution in [0.3, 0.4) is 0 Å². The van der Waals surface area contributed by atoms with Crippen molar-refractivity contribution in [3.05, 3.63) is 0 Å². The van der Waals surface area contributed by atoms with Crippen molar-refractivity contribution in [1.29, 1.82) is 0 Å². The maximum atomic E-state index is 5.32. The van der Waals surface area contributed by atoms with Gasteiger partial charge in [0.1, 0.15) is 0 Å². The number of hydrogen-bond donors (Lipinski definition) is 1. The summed E-state index contributed by atoms with van der Waals surface area (Å²) >= 11 is 0. The van der Waals surface area contributed by atoms with E-state index in [0.717, 1.165) is 38.8 Å². The topological polar surface area (TPSA) is 24.5 Å². The van der Waals surface area contributed by atoms with Gasteiger partial charge in [-0.3, -0.25) is 4.90 Å². The van der Waals surface area contributed by atoms with E-state index in [1.807, 2.05) is 6.92 Å². The van der Waals surface area contributed by atoms with E-state index in [-0.39, 0.29) is 0 Å². The Kier molecular flexibility index (Phi) is 7.82. The summed E-state index contributed by atoms with van der Waals surface area (Å²) in [5.41, 5.74) is 0. The van der Waals surface area contributed by atoms with Gasteiger partial charge in [-0.2, -0.15) is 0 Å². The second-order valence-electron chi connectivity index (χ2n) is 5.05. The molecule has 0 bridgehead atoms. The molecule has 17 heavy (non-hydrogen) atoms. The third kappa shape index (κ3) is 5.36. The average molecular weight is 242 g/mol. The molecule has 0 aliphatic carbocycles. The molecule has 0 aromatic carbocycles. The lowest BCUT2D eigenvalue weighted by Crippen LogP contribution is -2.43. The van der Waals surface area contributed by atoms with E-state index in [4.69, 9.17) is 4.74 Å². The van der Waals surface area contributed by atoms with Crippen molar-refractivity contribution in [2.45, 2.75) is 58.5 Å². The molecule has 2 unspecified atom stereocenters. The fourth-order valence-electron chi connectivity index (χ4n) is 2.75. The van der Waals surface area contributed by atoms with Crippen LogP contribution in [0.2, 0.25) is 0 Å². The lowest BCUT2D eigenvalue weighted by molar-refractivity contribution is 0.142. The van der Waals surface area contributed by atoms with E-state index >= 15 is 0 Å². The highest BCUT2D eigenvalue weighted by molar-refractivity contribution is 4.82. The standard InChI is InChI=1S/C14H30N2O/c1-4-14-8-6-10-16(14)13(3)12-15-9-7-11-17-5-2/h13-15H,4-12H2,1-3H3. The van der Waals surface area contributed by atoms with Gasteiger partial charge in [-0.1, -0.05) is 6.92 Å². The number of likely N-dealkylation sites (tertiary alicyclic amines) is 1. The van der Waals surface area contributed by atoms with Crippen LogP contribution in [0.1, 0.15) is 46.5 Å². The molecule has 1 fully saturated rings. The predicted molar refractivity (Wildman–Crippen MR) is 73.5 cm³/mol. The van der Waals surface area contributed by atoms with Crippen LogP contribution in [0, 0.1) is 0 Å². The first-order valence-electron chi connectivity index (χ1n) is 7.33. The van der Waals surface area contributed by atoms with E-state index in [9.17, 15) is 0 Å². The Hall–Kier alpha value is -0.120. The van der Waals surface area contributed by atoms with Crippen molar-refractivity contribution in [3.63, 3.8) is 0 Å². The van der Waals surface area contributed by atoms with Crippen LogP contribution in [0.15, 0.2) is 0 Å². The first-order valence-corrected chi connectivity index (χ1v) is 7.33. The van der Waals surface area contributed by atoms with Crippen LogP contribution in [-0.4, -0.2) is 49.8 Å². The van der Waals surface area contributed by atoms with Crippen molar-refractivity contribution >= 4 is 0 Å². The molecule has 3 heteroatoms. The molecule has 0 aromatic rings. The van der Waals surface area contributed by atoms with Gasteiger partial charge in [0, 0.05) is 31.8 Å². The molecule has 3 nitrogen and oxygen atoms in total. The van der Waals surface area contributed by atoms with Gasteiger partial charge in [-0.15, -0.1) is 0 Å². The van der Waals surface area contributed by atoms with Gasteiger partial charge < -0.3 is 10.1 Å². The SMILES string of the molecule is CCOCCCNCC(C)N1CCCC1CC. The highest BCUT2D eigenvalue weighted by Gasteiger charge is 2.26. The summed E-state index contributed by atoms with van der Waals surface area (Å²) in [7, 11) is 0. The minimum absolute atomic E-state index is 0.676. The summed E-state index contributed by atoms with van der Waals surface area (Å²) in [6.45, 7) is 11.9. The first-order chi connectivity index (χ1) is 8.29. The summed E-state index contributed by atoms with van der Waals surface area (Å²) in [4.78, 5) is 2.68. The van der Waals surface area contributed by atoms with E-state index in [0.29, 0.717) is 6.04 Å². The summed E-state index contributed by atoms with van der Waals surface area (Å²) < 4.78 is 5.32. The smallest absolute Gasteiger partial charge is 0.0477 e. The largest absolute Gasteiger partial charge is 0.382 e. The molecule has 1 N–H and O–H groups in total. The highest BCUT2D eigenvalue weighted by Crippen LogP contribution is 2.21. The zero-order chi connectivity index (χ0) is 12.5. The molecule has 1 heterocycles. The monoisotopic (exact) mass is 242 g/mol. The highest BCUT2D eigenvalue weighted by atomic mass is 16.5. The lowest BCUT2D eigenvalue weighted by atomic mass is 10.1. The zero-order valence-corrected chi connectivity index (χ0v) is 11.9. The van der Waals surface area contributed by atoms with Crippen molar-refractivity contribution in [3.8, 4) is 0 Å². The molecule has 0 saturated carbocycles. The molecule has 0 aromatic heterocycles. The fourth-order valence-corrected chi connectivity index (χ4v) is 2.75. The molecule has 0 radical (unpaired) electrons. The lowest BCUT2D eigenvalue weighted by Gasteiger charge is -2.30. The van der Waals surface area contributed by atoms with Crippen LogP contribution in [0.4, 0.5) is 0 Å². The minimum Gasteiger partial charge on any atom is -0.382 e. The maximum Gasteiger partial charge on any atom is 0.0477 e. The van der Waals surface area contributed by atoms with Gasteiger partial charge in [0.15, 0.2) is 0 Å². The van der Waals surface area contributed by atoms with Gasteiger partial charge in [0.25, 0.3) is 0 Å². The number of rotatable bonds is 9. The molecule has 0 amide bonds. The van der Waals surface area contributed by atoms with E-state index < -0.39 is 0 Å². The molecule has 1 rings (SSSR count). The van der Waals surface area contributed by atoms with E-state index in [2.05, 4.69) is 24.1 Å². The molecule has 2 atom stereocenters.